The molecule has 24 heavy (non-hydrogen) atoms. The lowest BCUT2D eigenvalue weighted by Crippen LogP contribution is -2.29. The first-order valence-electron chi connectivity index (χ1n) is 7.22. The first-order valence-corrected chi connectivity index (χ1v) is 8.41. The Hall–Kier alpha value is -2.51. The van der Waals surface area contributed by atoms with E-state index in [1.165, 1.54) is 11.3 Å². The molecule has 0 unspecified atom stereocenters. The minimum absolute atomic E-state index is 0.294. The summed E-state index contributed by atoms with van der Waals surface area (Å²) in [6, 6.07) is 10.6. The number of amides is 1. The molecule has 0 aliphatic carbocycles. The normalized spacial score (nSPS) is 12.9. The van der Waals surface area contributed by atoms with E-state index in [0.29, 0.717) is 45.9 Å². The van der Waals surface area contributed by atoms with Gasteiger partial charge in [-0.15, -0.1) is 0 Å². The lowest BCUT2D eigenvalue weighted by Gasteiger charge is -2.18. The highest BCUT2D eigenvalue weighted by Gasteiger charge is 2.15. The van der Waals surface area contributed by atoms with Gasteiger partial charge in [-0.25, -0.2) is 4.98 Å². The number of hydrazine groups is 1. The Balaban J connectivity index is 1.48. The van der Waals surface area contributed by atoms with Crippen LogP contribution in [0.2, 0.25) is 5.02 Å². The minimum atomic E-state index is -0.294. The largest absolute Gasteiger partial charge is 0.486 e. The summed E-state index contributed by atoms with van der Waals surface area (Å²) in [6.07, 6.45) is 0. The summed E-state index contributed by atoms with van der Waals surface area (Å²) in [5.41, 5.74) is 6.61. The molecule has 3 aromatic rings. The van der Waals surface area contributed by atoms with Gasteiger partial charge in [-0.1, -0.05) is 29.0 Å². The first kappa shape index (κ1) is 15.0. The van der Waals surface area contributed by atoms with E-state index in [2.05, 4.69) is 15.8 Å². The summed E-state index contributed by atoms with van der Waals surface area (Å²) < 4.78 is 11.9. The Morgan fingerprint density at radius 2 is 2.00 bits per heavy atom. The quantitative estimate of drug-likeness (QED) is 0.699. The molecule has 2 heterocycles. The van der Waals surface area contributed by atoms with Gasteiger partial charge in [-0.3, -0.25) is 15.6 Å². The molecule has 1 aliphatic heterocycles. The Morgan fingerprint density at radius 1 is 1.17 bits per heavy atom. The van der Waals surface area contributed by atoms with E-state index in [1.54, 1.807) is 24.3 Å². The monoisotopic (exact) mass is 361 g/mol. The molecule has 4 rings (SSSR count). The Labute approximate surface area is 146 Å². The highest BCUT2D eigenvalue weighted by atomic mass is 35.5. The summed E-state index contributed by atoms with van der Waals surface area (Å²) in [6.45, 7) is 0.989. The standard InChI is InChI=1S/C16H12ClN3O3S/c17-10-2-1-3-13-14(10)18-16(24-13)20-19-15(21)9-4-5-11-12(8-9)23-7-6-22-11/h1-5,8H,6-7H2,(H,18,20)(H,19,21). The van der Waals surface area contributed by atoms with Crippen LogP contribution in [-0.4, -0.2) is 24.1 Å². The maximum Gasteiger partial charge on any atom is 0.269 e. The fourth-order valence-corrected chi connectivity index (χ4v) is 3.45. The second-order valence-electron chi connectivity index (χ2n) is 5.04. The van der Waals surface area contributed by atoms with Gasteiger partial charge in [-0.2, -0.15) is 0 Å². The number of carbonyl (C=O) groups is 1. The van der Waals surface area contributed by atoms with Crippen molar-refractivity contribution < 1.29 is 14.3 Å². The molecule has 2 aromatic carbocycles. The summed E-state index contributed by atoms with van der Waals surface area (Å²) in [5, 5.41) is 1.14. The number of hydrogen-bond donors (Lipinski definition) is 2. The van der Waals surface area contributed by atoms with E-state index < -0.39 is 0 Å². The molecule has 1 amide bonds. The van der Waals surface area contributed by atoms with Gasteiger partial charge in [0.1, 0.15) is 18.7 Å². The van der Waals surface area contributed by atoms with Gasteiger partial charge in [0.2, 0.25) is 5.13 Å². The number of benzene rings is 2. The maximum atomic E-state index is 12.3. The van der Waals surface area contributed by atoms with Crippen molar-refractivity contribution in [3.8, 4) is 11.5 Å². The summed E-state index contributed by atoms with van der Waals surface area (Å²) in [7, 11) is 0. The van der Waals surface area contributed by atoms with E-state index in [9.17, 15) is 4.79 Å². The Kier molecular flexibility index (Phi) is 3.87. The second kappa shape index (κ2) is 6.18. The molecule has 0 fully saturated rings. The average molecular weight is 362 g/mol. The SMILES string of the molecule is O=C(NNc1nc2c(Cl)cccc2s1)c1ccc2c(c1)OCCO2. The van der Waals surface area contributed by atoms with Gasteiger partial charge in [0.25, 0.3) is 5.91 Å². The smallest absolute Gasteiger partial charge is 0.269 e. The fourth-order valence-electron chi connectivity index (χ4n) is 2.34. The number of aromatic nitrogens is 1. The topological polar surface area (TPSA) is 72.5 Å². The molecule has 8 heteroatoms. The molecule has 0 saturated carbocycles. The predicted molar refractivity (Wildman–Crippen MR) is 93.2 cm³/mol. The van der Waals surface area contributed by atoms with Crippen molar-refractivity contribution >= 4 is 44.2 Å². The molecule has 2 N–H and O–H groups in total. The summed E-state index contributed by atoms with van der Waals surface area (Å²) in [5.74, 6) is 0.921. The van der Waals surface area contributed by atoms with Crippen molar-refractivity contribution in [3.05, 3.63) is 47.0 Å². The molecule has 0 atom stereocenters. The van der Waals surface area contributed by atoms with Gasteiger partial charge in [0.05, 0.1) is 9.72 Å². The number of ether oxygens (including phenoxy) is 2. The molecule has 0 radical (unpaired) electrons. The second-order valence-corrected chi connectivity index (χ2v) is 6.48. The van der Waals surface area contributed by atoms with Gasteiger partial charge in [-0.05, 0) is 30.3 Å². The highest BCUT2D eigenvalue weighted by Crippen LogP contribution is 2.31. The van der Waals surface area contributed by atoms with Crippen LogP contribution >= 0.6 is 22.9 Å². The zero-order chi connectivity index (χ0) is 16.5. The van der Waals surface area contributed by atoms with Gasteiger partial charge < -0.3 is 9.47 Å². The molecule has 1 aliphatic rings. The average Bonchev–Trinajstić information content (AvgIpc) is 3.04. The van der Waals surface area contributed by atoms with Crippen LogP contribution in [0.1, 0.15) is 10.4 Å². The van der Waals surface area contributed by atoms with Crippen LogP contribution in [0.5, 0.6) is 11.5 Å². The lowest BCUT2D eigenvalue weighted by molar-refractivity contribution is 0.0961. The number of nitrogens with one attached hydrogen (secondary N) is 2. The highest BCUT2D eigenvalue weighted by molar-refractivity contribution is 7.22. The zero-order valence-corrected chi connectivity index (χ0v) is 13.9. The van der Waals surface area contributed by atoms with E-state index in [4.69, 9.17) is 21.1 Å². The fraction of sp³-hybridized carbons (Fsp3) is 0.125. The van der Waals surface area contributed by atoms with E-state index in [0.717, 1.165) is 4.70 Å². The van der Waals surface area contributed by atoms with Crippen LogP contribution in [0.15, 0.2) is 36.4 Å². The van der Waals surface area contributed by atoms with E-state index in [-0.39, 0.29) is 5.91 Å². The third-order valence-corrected chi connectivity index (χ3v) is 4.70. The molecule has 1 aromatic heterocycles. The maximum absolute atomic E-state index is 12.3. The number of nitrogens with zero attached hydrogens (tertiary/aromatic N) is 1. The third kappa shape index (κ3) is 2.83. The van der Waals surface area contributed by atoms with Crippen LogP contribution in [0.25, 0.3) is 10.2 Å². The van der Waals surface area contributed by atoms with Crippen LogP contribution < -0.4 is 20.3 Å². The van der Waals surface area contributed by atoms with E-state index >= 15 is 0 Å². The number of thiazole rings is 1. The van der Waals surface area contributed by atoms with E-state index in [1.807, 2.05) is 12.1 Å². The van der Waals surface area contributed by atoms with Crippen molar-refractivity contribution in [1.82, 2.24) is 10.4 Å². The number of anilines is 1. The number of para-hydroxylation sites is 1. The number of carbonyl (C=O) groups excluding carboxylic acids is 1. The zero-order valence-electron chi connectivity index (χ0n) is 12.3. The van der Waals surface area contributed by atoms with Gasteiger partial charge in [0, 0.05) is 5.56 Å². The van der Waals surface area contributed by atoms with Crippen molar-refractivity contribution in [3.63, 3.8) is 0 Å². The molecule has 0 bridgehead atoms. The van der Waals surface area contributed by atoms with Crippen molar-refractivity contribution in [1.29, 1.82) is 0 Å². The molecular weight excluding hydrogens is 350 g/mol. The number of halogens is 1. The number of hydrogen-bond acceptors (Lipinski definition) is 6. The molecule has 0 saturated heterocycles. The van der Waals surface area contributed by atoms with Crippen LogP contribution in [0.3, 0.4) is 0 Å². The van der Waals surface area contributed by atoms with Gasteiger partial charge >= 0.3 is 0 Å². The van der Waals surface area contributed by atoms with Crippen LogP contribution in [0, 0.1) is 0 Å². The summed E-state index contributed by atoms with van der Waals surface area (Å²) >= 11 is 7.51. The van der Waals surface area contributed by atoms with Gasteiger partial charge in [0.15, 0.2) is 11.5 Å². The van der Waals surface area contributed by atoms with Crippen molar-refractivity contribution in [2.24, 2.45) is 0 Å². The third-order valence-electron chi connectivity index (χ3n) is 3.46. The minimum Gasteiger partial charge on any atom is -0.486 e. The summed E-state index contributed by atoms with van der Waals surface area (Å²) in [4.78, 5) is 16.6. The lowest BCUT2D eigenvalue weighted by atomic mass is 10.2. The molecule has 6 nitrogen and oxygen atoms in total. The number of fused-ring (bicyclic) bond motifs is 2. The Morgan fingerprint density at radius 3 is 2.83 bits per heavy atom. The molecular formula is C16H12ClN3O3S. The van der Waals surface area contributed by atoms with Crippen LogP contribution in [-0.2, 0) is 0 Å². The van der Waals surface area contributed by atoms with Crippen molar-refractivity contribution in [2.75, 3.05) is 18.6 Å². The van der Waals surface area contributed by atoms with Crippen LogP contribution in [0.4, 0.5) is 5.13 Å². The van der Waals surface area contributed by atoms with Crippen molar-refractivity contribution in [2.45, 2.75) is 0 Å². The molecule has 122 valence electrons. The predicted octanol–water partition coefficient (Wildman–Crippen LogP) is 3.48. The Bertz CT molecular complexity index is 928. The number of rotatable bonds is 3. The first-order chi connectivity index (χ1) is 11.7. The molecule has 0 spiro atoms.